The van der Waals surface area contributed by atoms with Crippen LogP contribution in [0, 0.1) is 0 Å². The summed E-state index contributed by atoms with van der Waals surface area (Å²) in [4.78, 5) is 27.1. The second-order valence-electron chi connectivity index (χ2n) is 5.74. The van der Waals surface area contributed by atoms with Crippen molar-refractivity contribution in [2.75, 3.05) is 22.5 Å². The zero-order chi connectivity index (χ0) is 17.8. The second kappa shape index (κ2) is 7.97. The number of fused-ring (bicyclic) bond motifs is 1. The van der Waals surface area contributed by atoms with Gasteiger partial charge in [-0.05, 0) is 25.0 Å². The van der Waals surface area contributed by atoms with Crippen LogP contribution in [0.1, 0.15) is 37.6 Å². The average Bonchev–Trinajstić information content (AvgIpc) is 3.07. The van der Waals surface area contributed by atoms with E-state index in [-0.39, 0.29) is 18.4 Å². The first kappa shape index (κ1) is 17.9. The summed E-state index contributed by atoms with van der Waals surface area (Å²) in [7, 11) is 0. The summed E-state index contributed by atoms with van der Waals surface area (Å²) in [6, 6.07) is 7.63. The Labute approximate surface area is 155 Å². The molecule has 0 atom stereocenters. The zero-order valence-electron chi connectivity index (χ0n) is 14.2. The number of benzene rings is 1. The molecule has 2 aromatic rings. The Morgan fingerprint density at radius 2 is 2.04 bits per heavy atom. The molecule has 0 spiro atoms. The maximum absolute atomic E-state index is 12.4. The fourth-order valence-corrected chi connectivity index (χ4v) is 4.68. The van der Waals surface area contributed by atoms with Gasteiger partial charge in [-0.2, -0.15) is 0 Å². The molecule has 1 aliphatic heterocycles. The van der Waals surface area contributed by atoms with E-state index in [1.165, 1.54) is 28.0 Å². The Hall–Kier alpha value is -1.93. The SMILES string of the molecule is CCC(CC)c1nnc(NC(=O)CN2C(=O)CSc3ccccc32)s1. The van der Waals surface area contributed by atoms with E-state index in [9.17, 15) is 9.59 Å². The maximum atomic E-state index is 12.4. The molecule has 2 amide bonds. The van der Waals surface area contributed by atoms with Crippen molar-refractivity contribution in [3.05, 3.63) is 29.3 Å². The molecule has 1 aromatic carbocycles. The molecular formula is C17H20N4O2S2. The summed E-state index contributed by atoms with van der Waals surface area (Å²) in [6.07, 6.45) is 1.99. The summed E-state index contributed by atoms with van der Waals surface area (Å²) in [5.41, 5.74) is 0.786. The molecule has 0 saturated heterocycles. The van der Waals surface area contributed by atoms with Gasteiger partial charge >= 0.3 is 0 Å². The molecule has 0 fully saturated rings. The summed E-state index contributed by atoms with van der Waals surface area (Å²) in [6.45, 7) is 4.22. The number of nitrogens with zero attached hydrogens (tertiary/aromatic N) is 3. The van der Waals surface area contributed by atoms with Crippen molar-refractivity contribution in [2.24, 2.45) is 0 Å². The van der Waals surface area contributed by atoms with Crippen LogP contribution in [0.15, 0.2) is 29.2 Å². The Kier molecular flexibility index (Phi) is 5.70. The number of aromatic nitrogens is 2. The summed E-state index contributed by atoms with van der Waals surface area (Å²) < 4.78 is 0. The quantitative estimate of drug-likeness (QED) is 0.835. The molecule has 6 nitrogen and oxygen atoms in total. The molecule has 0 aliphatic carbocycles. The molecule has 0 saturated carbocycles. The van der Waals surface area contributed by atoms with E-state index < -0.39 is 0 Å². The summed E-state index contributed by atoms with van der Waals surface area (Å²) in [5.74, 6) is 0.397. The minimum atomic E-state index is -0.262. The lowest BCUT2D eigenvalue weighted by molar-refractivity contribution is -0.120. The van der Waals surface area contributed by atoms with Gasteiger partial charge in [0.25, 0.3) is 0 Å². The molecule has 8 heteroatoms. The minimum Gasteiger partial charge on any atom is -0.301 e. The van der Waals surface area contributed by atoms with Crippen LogP contribution in [-0.4, -0.2) is 34.3 Å². The van der Waals surface area contributed by atoms with E-state index >= 15 is 0 Å². The third kappa shape index (κ3) is 4.01. The lowest BCUT2D eigenvalue weighted by Crippen LogP contribution is -2.41. The number of nitrogens with one attached hydrogen (secondary N) is 1. The summed E-state index contributed by atoms with van der Waals surface area (Å²) in [5, 5.41) is 12.4. The highest BCUT2D eigenvalue weighted by Gasteiger charge is 2.26. The highest BCUT2D eigenvalue weighted by molar-refractivity contribution is 8.00. The Balaban J connectivity index is 1.68. The molecule has 25 heavy (non-hydrogen) atoms. The van der Waals surface area contributed by atoms with Crippen molar-refractivity contribution in [1.29, 1.82) is 0 Å². The standard InChI is InChI=1S/C17H20N4O2S2/c1-3-11(4-2)16-19-20-17(25-16)18-14(22)9-21-12-7-5-6-8-13(12)24-10-15(21)23/h5-8,11H,3-4,9-10H2,1-2H3,(H,18,20,22). The molecule has 2 heterocycles. The van der Waals surface area contributed by atoms with Gasteiger partial charge in [0.05, 0.1) is 11.4 Å². The smallest absolute Gasteiger partial charge is 0.246 e. The second-order valence-corrected chi connectivity index (χ2v) is 7.77. The highest BCUT2D eigenvalue weighted by Crippen LogP contribution is 2.35. The van der Waals surface area contributed by atoms with Gasteiger partial charge in [-0.25, -0.2) is 0 Å². The maximum Gasteiger partial charge on any atom is 0.246 e. The average molecular weight is 377 g/mol. The minimum absolute atomic E-state index is 0.0176. The zero-order valence-corrected chi connectivity index (χ0v) is 15.8. The monoisotopic (exact) mass is 376 g/mol. The van der Waals surface area contributed by atoms with Gasteiger partial charge in [0.2, 0.25) is 16.9 Å². The van der Waals surface area contributed by atoms with Gasteiger partial charge in [-0.3, -0.25) is 14.9 Å². The van der Waals surface area contributed by atoms with Crippen molar-refractivity contribution in [1.82, 2.24) is 10.2 Å². The number of thioether (sulfide) groups is 1. The van der Waals surface area contributed by atoms with Crippen molar-refractivity contribution >= 4 is 45.7 Å². The molecular weight excluding hydrogens is 356 g/mol. The Morgan fingerprint density at radius 3 is 2.80 bits per heavy atom. The van der Waals surface area contributed by atoms with Crippen LogP contribution in [0.3, 0.4) is 0 Å². The van der Waals surface area contributed by atoms with Crippen LogP contribution < -0.4 is 10.2 Å². The van der Waals surface area contributed by atoms with Gasteiger partial charge < -0.3 is 4.90 Å². The van der Waals surface area contributed by atoms with Gasteiger partial charge in [0.1, 0.15) is 11.6 Å². The number of hydrogen-bond donors (Lipinski definition) is 1. The van der Waals surface area contributed by atoms with Crippen LogP contribution >= 0.6 is 23.1 Å². The van der Waals surface area contributed by atoms with Crippen molar-refractivity contribution in [3.63, 3.8) is 0 Å². The van der Waals surface area contributed by atoms with E-state index in [1.54, 1.807) is 0 Å². The van der Waals surface area contributed by atoms with Gasteiger partial charge in [-0.15, -0.1) is 22.0 Å². The number of anilines is 2. The fourth-order valence-electron chi connectivity index (χ4n) is 2.72. The van der Waals surface area contributed by atoms with Crippen molar-refractivity contribution in [3.8, 4) is 0 Å². The molecule has 0 unspecified atom stereocenters. The first-order valence-corrected chi connectivity index (χ1v) is 10.1. The van der Waals surface area contributed by atoms with E-state index in [2.05, 4.69) is 29.4 Å². The Bertz CT molecular complexity index is 774. The molecule has 0 radical (unpaired) electrons. The van der Waals surface area contributed by atoms with Crippen LogP contribution in [-0.2, 0) is 9.59 Å². The van der Waals surface area contributed by atoms with Crippen LogP contribution in [0.4, 0.5) is 10.8 Å². The van der Waals surface area contributed by atoms with Crippen LogP contribution in [0.5, 0.6) is 0 Å². The highest BCUT2D eigenvalue weighted by atomic mass is 32.2. The first-order chi connectivity index (χ1) is 12.1. The topological polar surface area (TPSA) is 75.2 Å². The van der Waals surface area contributed by atoms with E-state index in [0.717, 1.165) is 28.4 Å². The number of hydrogen-bond acceptors (Lipinski definition) is 6. The van der Waals surface area contributed by atoms with Crippen molar-refractivity contribution < 1.29 is 9.59 Å². The predicted octanol–water partition coefficient (Wildman–Crippen LogP) is 3.52. The number of carbonyl (C=O) groups is 2. The number of amides is 2. The number of para-hydroxylation sites is 1. The molecule has 1 N–H and O–H groups in total. The molecule has 1 aliphatic rings. The van der Waals surface area contributed by atoms with E-state index in [4.69, 9.17) is 0 Å². The molecule has 1 aromatic heterocycles. The van der Waals surface area contributed by atoms with Crippen molar-refractivity contribution in [2.45, 2.75) is 37.5 Å². The number of rotatable bonds is 6. The van der Waals surface area contributed by atoms with Crippen LogP contribution in [0.25, 0.3) is 0 Å². The van der Waals surface area contributed by atoms with E-state index in [0.29, 0.717) is 16.8 Å². The third-order valence-corrected chi connectivity index (χ3v) is 6.18. The third-order valence-electron chi connectivity index (χ3n) is 4.13. The largest absolute Gasteiger partial charge is 0.301 e. The fraction of sp³-hybridized carbons (Fsp3) is 0.412. The lowest BCUT2D eigenvalue weighted by Gasteiger charge is -2.28. The van der Waals surface area contributed by atoms with Crippen LogP contribution in [0.2, 0.25) is 0 Å². The molecule has 0 bridgehead atoms. The summed E-state index contributed by atoms with van der Waals surface area (Å²) >= 11 is 2.91. The lowest BCUT2D eigenvalue weighted by atomic mass is 10.1. The molecule has 3 rings (SSSR count). The van der Waals surface area contributed by atoms with Gasteiger partial charge in [-0.1, -0.05) is 37.3 Å². The molecule has 132 valence electrons. The Morgan fingerprint density at radius 1 is 1.28 bits per heavy atom. The van der Waals surface area contributed by atoms with Gasteiger partial charge in [0.15, 0.2) is 0 Å². The normalized spacial score (nSPS) is 13.9. The first-order valence-electron chi connectivity index (χ1n) is 8.27. The van der Waals surface area contributed by atoms with Gasteiger partial charge in [0, 0.05) is 10.8 Å². The predicted molar refractivity (Wildman–Crippen MR) is 101 cm³/mol. The van der Waals surface area contributed by atoms with E-state index in [1.807, 2.05) is 24.3 Å². The number of carbonyl (C=O) groups excluding carboxylic acids is 2.